The highest BCUT2D eigenvalue weighted by Crippen LogP contribution is 2.33. The van der Waals surface area contributed by atoms with E-state index < -0.39 is 0 Å². The lowest BCUT2D eigenvalue weighted by molar-refractivity contribution is -0.119. The van der Waals surface area contributed by atoms with Gasteiger partial charge in [-0.2, -0.15) is 5.10 Å². The number of halogens is 1. The number of aromatic nitrogens is 1. The topological polar surface area (TPSA) is 45.6 Å². The molecule has 0 N–H and O–H groups in total. The minimum Gasteiger partial charge on any atom is -0.273 e. The fraction of sp³-hybridized carbons (Fsp3) is 0.235. The van der Waals surface area contributed by atoms with Gasteiger partial charge in [0.15, 0.2) is 0 Å². The van der Waals surface area contributed by atoms with Crippen LogP contribution in [0.4, 0.5) is 5.69 Å². The first-order valence-electron chi connectivity index (χ1n) is 7.32. The lowest BCUT2D eigenvalue weighted by Crippen LogP contribution is -2.39. The lowest BCUT2D eigenvalue weighted by atomic mass is 9.80. The van der Waals surface area contributed by atoms with Crippen LogP contribution in [0.3, 0.4) is 0 Å². The molecule has 22 heavy (non-hydrogen) atoms. The molecule has 110 valence electrons. The van der Waals surface area contributed by atoms with Crippen LogP contribution in [0, 0.1) is 5.92 Å². The molecular weight excluding hydrogens is 298 g/mol. The Morgan fingerprint density at radius 2 is 2.18 bits per heavy atom. The van der Waals surface area contributed by atoms with Crippen molar-refractivity contribution < 1.29 is 4.79 Å². The van der Waals surface area contributed by atoms with Crippen LogP contribution in [-0.4, -0.2) is 16.6 Å². The van der Waals surface area contributed by atoms with E-state index in [0.29, 0.717) is 17.1 Å². The SMILES string of the molecule is O=C1CC2CCc3cnccc3C2=NN1c1cccc(Cl)c1. The third kappa shape index (κ3) is 2.20. The summed E-state index contributed by atoms with van der Waals surface area (Å²) in [6, 6.07) is 9.23. The Bertz CT molecular complexity index is 787. The van der Waals surface area contributed by atoms with E-state index in [9.17, 15) is 4.79 Å². The molecule has 0 bridgehead atoms. The predicted octanol–water partition coefficient (Wildman–Crippen LogP) is 3.44. The van der Waals surface area contributed by atoms with Gasteiger partial charge in [0.05, 0.1) is 11.4 Å². The Morgan fingerprint density at radius 3 is 3.05 bits per heavy atom. The van der Waals surface area contributed by atoms with E-state index >= 15 is 0 Å². The van der Waals surface area contributed by atoms with Gasteiger partial charge in [-0.3, -0.25) is 9.78 Å². The van der Waals surface area contributed by atoms with Gasteiger partial charge in [-0.05, 0) is 42.7 Å². The average Bonchev–Trinajstić information content (AvgIpc) is 2.54. The number of carbonyl (C=O) groups is 1. The number of amides is 1. The molecule has 1 atom stereocenters. The van der Waals surface area contributed by atoms with Gasteiger partial charge in [-0.1, -0.05) is 17.7 Å². The van der Waals surface area contributed by atoms with E-state index in [-0.39, 0.29) is 11.8 Å². The van der Waals surface area contributed by atoms with Crippen molar-refractivity contribution in [2.75, 3.05) is 5.01 Å². The monoisotopic (exact) mass is 311 g/mol. The zero-order valence-corrected chi connectivity index (χ0v) is 12.6. The van der Waals surface area contributed by atoms with E-state index in [2.05, 4.69) is 10.1 Å². The number of nitrogens with zero attached hydrogens (tertiary/aromatic N) is 3. The van der Waals surface area contributed by atoms with Gasteiger partial charge >= 0.3 is 0 Å². The van der Waals surface area contributed by atoms with Crippen molar-refractivity contribution in [2.45, 2.75) is 19.3 Å². The van der Waals surface area contributed by atoms with E-state index in [4.69, 9.17) is 11.6 Å². The van der Waals surface area contributed by atoms with E-state index in [1.54, 1.807) is 18.3 Å². The molecular formula is C17H14ClN3O. The fourth-order valence-electron chi connectivity index (χ4n) is 3.17. The second-order valence-electron chi connectivity index (χ2n) is 5.64. The molecule has 5 heteroatoms. The maximum absolute atomic E-state index is 12.4. The van der Waals surface area contributed by atoms with E-state index in [1.165, 1.54) is 10.6 Å². The smallest absolute Gasteiger partial charge is 0.248 e. The van der Waals surface area contributed by atoms with Crippen molar-refractivity contribution in [3.05, 3.63) is 58.9 Å². The summed E-state index contributed by atoms with van der Waals surface area (Å²) in [7, 11) is 0. The molecule has 1 unspecified atom stereocenters. The maximum Gasteiger partial charge on any atom is 0.248 e. The number of benzene rings is 1. The molecule has 4 nitrogen and oxygen atoms in total. The van der Waals surface area contributed by atoms with Gasteiger partial charge in [0, 0.05) is 35.3 Å². The van der Waals surface area contributed by atoms with Crippen molar-refractivity contribution in [1.82, 2.24) is 4.98 Å². The van der Waals surface area contributed by atoms with E-state index in [0.717, 1.165) is 24.1 Å². The summed E-state index contributed by atoms with van der Waals surface area (Å²) < 4.78 is 0. The minimum absolute atomic E-state index is 0.0218. The number of hydrogen-bond donors (Lipinski definition) is 0. The van der Waals surface area contributed by atoms with Crippen LogP contribution in [0.1, 0.15) is 24.0 Å². The molecule has 2 heterocycles. The quantitative estimate of drug-likeness (QED) is 0.810. The zero-order valence-electron chi connectivity index (χ0n) is 11.9. The second kappa shape index (κ2) is 5.21. The van der Waals surface area contributed by atoms with Crippen molar-refractivity contribution in [3.8, 4) is 0 Å². The standard InChI is InChI=1S/C17H14ClN3O/c18-13-2-1-3-14(9-13)21-16(22)8-11-4-5-12-10-19-7-6-15(12)17(11)20-21/h1-3,6-7,9-11H,4-5,8H2. The predicted molar refractivity (Wildman–Crippen MR) is 86.1 cm³/mol. The summed E-state index contributed by atoms with van der Waals surface area (Å²) in [6.45, 7) is 0. The first-order chi connectivity index (χ1) is 10.7. The molecule has 4 rings (SSSR count). The molecule has 0 radical (unpaired) electrons. The lowest BCUT2D eigenvalue weighted by Gasteiger charge is -2.33. The number of pyridine rings is 1. The van der Waals surface area contributed by atoms with Gasteiger partial charge in [-0.25, -0.2) is 5.01 Å². The molecule has 2 aromatic rings. The molecule has 1 aromatic heterocycles. The third-order valence-electron chi connectivity index (χ3n) is 4.25. The van der Waals surface area contributed by atoms with Crippen LogP contribution in [0.2, 0.25) is 5.02 Å². The number of hydrazone groups is 1. The van der Waals surface area contributed by atoms with Crippen LogP contribution >= 0.6 is 11.6 Å². The normalized spacial score (nSPS) is 20.2. The number of anilines is 1. The highest BCUT2D eigenvalue weighted by Gasteiger charge is 2.34. The van der Waals surface area contributed by atoms with Crippen LogP contribution in [0.25, 0.3) is 0 Å². The number of hydrogen-bond acceptors (Lipinski definition) is 3. The molecule has 1 aliphatic heterocycles. The third-order valence-corrected chi connectivity index (χ3v) is 4.48. The summed E-state index contributed by atoms with van der Waals surface area (Å²) in [5, 5.41) is 6.73. The highest BCUT2D eigenvalue weighted by atomic mass is 35.5. The Morgan fingerprint density at radius 1 is 1.27 bits per heavy atom. The van der Waals surface area contributed by atoms with Crippen molar-refractivity contribution >= 4 is 28.9 Å². The van der Waals surface area contributed by atoms with Crippen molar-refractivity contribution in [2.24, 2.45) is 11.0 Å². The Kier molecular flexibility index (Phi) is 3.19. The fourth-order valence-corrected chi connectivity index (χ4v) is 3.35. The summed E-state index contributed by atoms with van der Waals surface area (Å²) >= 11 is 6.04. The molecule has 1 aliphatic carbocycles. The summed E-state index contributed by atoms with van der Waals surface area (Å²) in [5.41, 5.74) is 4.02. The maximum atomic E-state index is 12.4. The van der Waals surface area contributed by atoms with Crippen LogP contribution in [0.5, 0.6) is 0 Å². The molecule has 1 aromatic carbocycles. The van der Waals surface area contributed by atoms with Gasteiger partial charge in [0.25, 0.3) is 0 Å². The van der Waals surface area contributed by atoms with Crippen LogP contribution in [-0.2, 0) is 11.2 Å². The summed E-state index contributed by atoms with van der Waals surface area (Å²) in [6.07, 6.45) is 6.08. The summed E-state index contributed by atoms with van der Waals surface area (Å²) in [4.78, 5) is 16.6. The largest absolute Gasteiger partial charge is 0.273 e. The van der Waals surface area contributed by atoms with Gasteiger partial charge in [0.2, 0.25) is 5.91 Å². The first kappa shape index (κ1) is 13.5. The number of carbonyl (C=O) groups excluding carboxylic acids is 1. The van der Waals surface area contributed by atoms with Crippen LogP contribution < -0.4 is 5.01 Å². The molecule has 0 spiro atoms. The van der Waals surface area contributed by atoms with Crippen molar-refractivity contribution in [3.63, 3.8) is 0 Å². The van der Waals surface area contributed by atoms with Gasteiger partial charge in [-0.15, -0.1) is 0 Å². The average molecular weight is 312 g/mol. The van der Waals surface area contributed by atoms with Crippen LogP contribution in [0.15, 0.2) is 47.8 Å². The Hall–Kier alpha value is -2.20. The zero-order chi connectivity index (χ0) is 15.1. The number of aryl methyl sites for hydroxylation is 1. The highest BCUT2D eigenvalue weighted by molar-refractivity contribution is 6.31. The second-order valence-corrected chi connectivity index (χ2v) is 6.08. The molecule has 0 fully saturated rings. The molecule has 0 saturated carbocycles. The number of fused-ring (bicyclic) bond motifs is 3. The van der Waals surface area contributed by atoms with E-state index in [1.807, 2.05) is 24.4 Å². The first-order valence-corrected chi connectivity index (χ1v) is 7.70. The Labute approximate surface area is 133 Å². The molecule has 1 amide bonds. The number of rotatable bonds is 1. The van der Waals surface area contributed by atoms with Crippen molar-refractivity contribution in [1.29, 1.82) is 0 Å². The summed E-state index contributed by atoms with van der Waals surface area (Å²) in [5.74, 6) is 0.228. The van der Waals surface area contributed by atoms with Gasteiger partial charge in [0.1, 0.15) is 0 Å². The minimum atomic E-state index is 0.0218. The Balaban J connectivity index is 1.82. The van der Waals surface area contributed by atoms with Gasteiger partial charge < -0.3 is 0 Å². The molecule has 0 saturated heterocycles. The molecule has 2 aliphatic rings.